The molecule has 2 rings (SSSR count). The van der Waals surface area contributed by atoms with Crippen LogP contribution < -0.4 is 0 Å². The molecule has 2 atom stereocenters. The van der Waals surface area contributed by atoms with Crippen molar-refractivity contribution in [2.45, 2.75) is 45.2 Å². The Balaban J connectivity index is 2.32. The molecule has 1 aliphatic heterocycles. The van der Waals surface area contributed by atoms with Crippen LogP contribution in [0.25, 0.3) is 0 Å². The van der Waals surface area contributed by atoms with Gasteiger partial charge in [0.05, 0.1) is 5.56 Å². The number of rotatable bonds is 1. The summed E-state index contributed by atoms with van der Waals surface area (Å²) < 4.78 is 0.964. The lowest BCUT2D eigenvalue weighted by atomic mass is 9.96. The van der Waals surface area contributed by atoms with Crippen molar-refractivity contribution in [3.05, 3.63) is 27.3 Å². The molecule has 0 radical (unpaired) electrons. The molecule has 18 heavy (non-hydrogen) atoms. The van der Waals surface area contributed by atoms with Crippen molar-refractivity contribution in [3.8, 4) is 5.75 Å². The van der Waals surface area contributed by atoms with Crippen LogP contribution in [0.15, 0.2) is 18.2 Å². The van der Waals surface area contributed by atoms with Crippen molar-refractivity contribution in [1.29, 1.82) is 0 Å². The number of carbonyl (C=O) groups excluding carboxylic acids is 1. The zero-order valence-electron chi connectivity index (χ0n) is 10.7. The van der Waals surface area contributed by atoms with Gasteiger partial charge in [-0.1, -0.05) is 0 Å². The van der Waals surface area contributed by atoms with Crippen LogP contribution in [0.4, 0.5) is 0 Å². The van der Waals surface area contributed by atoms with Gasteiger partial charge in [-0.25, -0.2) is 0 Å². The van der Waals surface area contributed by atoms with Gasteiger partial charge in [0, 0.05) is 15.7 Å². The summed E-state index contributed by atoms with van der Waals surface area (Å²) in [6, 6.07) is 5.65. The molecule has 1 amide bonds. The Hall–Kier alpha value is -0.780. The summed E-state index contributed by atoms with van der Waals surface area (Å²) >= 11 is 2.15. The van der Waals surface area contributed by atoms with E-state index < -0.39 is 0 Å². The van der Waals surface area contributed by atoms with Crippen molar-refractivity contribution >= 4 is 28.5 Å². The number of hydrogen-bond donors (Lipinski definition) is 1. The zero-order valence-corrected chi connectivity index (χ0v) is 12.8. The highest BCUT2D eigenvalue weighted by atomic mass is 127. The fraction of sp³-hybridized carbons (Fsp3) is 0.500. The lowest BCUT2D eigenvalue weighted by Gasteiger charge is -2.39. The molecule has 1 saturated heterocycles. The maximum absolute atomic E-state index is 12.6. The fourth-order valence-electron chi connectivity index (χ4n) is 2.64. The van der Waals surface area contributed by atoms with Crippen molar-refractivity contribution in [2.24, 2.45) is 0 Å². The molecule has 3 nitrogen and oxygen atoms in total. The highest BCUT2D eigenvalue weighted by molar-refractivity contribution is 14.1. The summed E-state index contributed by atoms with van der Waals surface area (Å²) in [5, 5.41) is 9.86. The highest BCUT2D eigenvalue weighted by Gasteiger charge is 2.30. The zero-order chi connectivity index (χ0) is 13.3. The Kier molecular flexibility index (Phi) is 4.14. The maximum atomic E-state index is 12.6. The average molecular weight is 359 g/mol. The lowest BCUT2D eigenvalue weighted by Crippen LogP contribution is -2.47. The Labute approximate surface area is 121 Å². The molecule has 1 heterocycles. The monoisotopic (exact) mass is 359 g/mol. The molecule has 0 saturated carbocycles. The molecule has 1 N–H and O–H groups in total. The van der Waals surface area contributed by atoms with Crippen LogP contribution in [0.3, 0.4) is 0 Å². The van der Waals surface area contributed by atoms with E-state index in [0.29, 0.717) is 5.56 Å². The van der Waals surface area contributed by atoms with Crippen LogP contribution in [0, 0.1) is 3.57 Å². The first-order valence-corrected chi connectivity index (χ1v) is 7.39. The smallest absolute Gasteiger partial charge is 0.258 e. The van der Waals surface area contributed by atoms with Gasteiger partial charge in [0.15, 0.2) is 0 Å². The minimum absolute atomic E-state index is 0.0503. The number of halogens is 1. The highest BCUT2D eigenvalue weighted by Crippen LogP contribution is 2.28. The molecule has 0 bridgehead atoms. The number of benzene rings is 1. The van der Waals surface area contributed by atoms with E-state index >= 15 is 0 Å². The number of hydrogen-bond acceptors (Lipinski definition) is 2. The second kappa shape index (κ2) is 5.47. The van der Waals surface area contributed by atoms with E-state index in [1.807, 2.05) is 4.90 Å². The number of phenols is 1. The van der Waals surface area contributed by atoms with Gasteiger partial charge in [0.1, 0.15) is 5.75 Å². The minimum atomic E-state index is -0.0503. The molecule has 1 aromatic carbocycles. The maximum Gasteiger partial charge on any atom is 0.258 e. The van der Waals surface area contributed by atoms with Crippen LogP contribution in [-0.2, 0) is 0 Å². The van der Waals surface area contributed by atoms with Gasteiger partial charge < -0.3 is 10.0 Å². The third-order valence-electron chi connectivity index (χ3n) is 3.62. The third kappa shape index (κ3) is 2.63. The average Bonchev–Trinajstić information content (AvgIpc) is 2.32. The van der Waals surface area contributed by atoms with Crippen LogP contribution in [0.1, 0.15) is 43.5 Å². The molecule has 98 valence electrons. The van der Waals surface area contributed by atoms with Gasteiger partial charge in [-0.05, 0) is 73.9 Å². The SMILES string of the molecule is CC1CCCC(C)N1C(=O)c1cc(I)ccc1O. The lowest BCUT2D eigenvalue weighted by molar-refractivity contribution is 0.0508. The first-order chi connectivity index (χ1) is 8.50. The molecule has 0 aromatic heterocycles. The molecule has 2 unspecified atom stereocenters. The topological polar surface area (TPSA) is 40.5 Å². The first-order valence-electron chi connectivity index (χ1n) is 6.32. The number of likely N-dealkylation sites (tertiary alicyclic amines) is 1. The Morgan fingerprint density at radius 2 is 1.94 bits per heavy atom. The quantitative estimate of drug-likeness (QED) is 0.781. The van der Waals surface area contributed by atoms with Gasteiger partial charge in [-0.3, -0.25) is 4.79 Å². The number of aromatic hydroxyl groups is 1. The second-order valence-corrected chi connectivity index (χ2v) is 6.25. The number of carbonyl (C=O) groups is 1. The van der Waals surface area contributed by atoms with Crippen molar-refractivity contribution in [3.63, 3.8) is 0 Å². The summed E-state index contributed by atoms with van der Waals surface area (Å²) in [5.74, 6) is 0.0242. The van der Waals surface area contributed by atoms with E-state index in [2.05, 4.69) is 36.4 Å². The minimum Gasteiger partial charge on any atom is -0.507 e. The van der Waals surface area contributed by atoms with Crippen molar-refractivity contribution < 1.29 is 9.90 Å². The van der Waals surface area contributed by atoms with Crippen molar-refractivity contribution in [2.75, 3.05) is 0 Å². The van der Waals surface area contributed by atoms with Crippen LogP contribution in [-0.4, -0.2) is 28.0 Å². The van der Waals surface area contributed by atoms with Crippen LogP contribution >= 0.6 is 22.6 Å². The van der Waals surface area contributed by atoms with E-state index in [1.54, 1.807) is 18.2 Å². The van der Waals surface area contributed by atoms with Gasteiger partial charge in [0.2, 0.25) is 0 Å². The molecular weight excluding hydrogens is 341 g/mol. The number of amides is 1. The van der Waals surface area contributed by atoms with E-state index in [-0.39, 0.29) is 23.7 Å². The third-order valence-corrected chi connectivity index (χ3v) is 4.29. The van der Waals surface area contributed by atoms with Gasteiger partial charge in [-0.15, -0.1) is 0 Å². The predicted molar refractivity (Wildman–Crippen MR) is 79.8 cm³/mol. The molecule has 0 aliphatic carbocycles. The largest absolute Gasteiger partial charge is 0.507 e. The normalized spacial score (nSPS) is 24.1. The van der Waals surface area contributed by atoms with Gasteiger partial charge in [0.25, 0.3) is 5.91 Å². The Morgan fingerprint density at radius 3 is 2.56 bits per heavy atom. The van der Waals surface area contributed by atoms with Gasteiger partial charge >= 0.3 is 0 Å². The second-order valence-electron chi connectivity index (χ2n) is 5.00. The van der Waals surface area contributed by atoms with Crippen LogP contribution in [0.5, 0.6) is 5.75 Å². The number of phenolic OH excluding ortho intramolecular Hbond substituents is 1. The predicted octanol–water partition coefficient (Wildman–Crippen LogP) is 3.40. The summed E-state index contributed by atoms with van der Waals surface area (Å²) in [7, 11) is 0. The van der Waals surface area contributed by atoms with Gasteiger partial charge in [-0.2, -0.15) is 0 Å². The summed E-state index contributed by atoms with van der Waals surface area (Å²) in [6.45, 7) is 4.16. The van der Waals surface area contributed by atoms with E-state index in [4.69, 9.17) is 0 Å². The number of piperidine rings is 1. The molecule has 1 aromatic rings. The Bertz CT molecular complexity index is 451. The molecular formula is C14H18INO2. The first kappa shape index (κ1) is 13.6. The van der Waals surface area contributed by atoms with Crippen molar-refractivity contribution in [1.82, 2.24) is 4.90 Å². The van der Waals surface area contributed by atoms with E-state index in [1.165, 1.54) is 6.42 Å². The molecule has 0 spiro atoms. The standard InChI is InChI=1S/C14H18INO2/c1-9-4-3-5-10(2)16(9)14(18)12-8-11(15)6-7-13(12)17/h6-10,17H,3-5H2,1-2H3. The van der Waals surface area contributed by atoms with E-state index in [0.717, 1.165) is 16.4 Å². The van der Waals surface area contributed by atoms with Crippen LogP contribution in [0.2, 0.25) is 0 Å². The molecule has 4 heteroatoms. The summed E-state index contributed by atoms with van der Waals surface area (Å²) in [5.41, 5.74) is 0.419. The molecule has 1 aliphatic rings. The molecule has 1 fully saturated rings. The number of nitrogens with zero attached hydrogens (tertiary/aromatic N) is 1. The van der Waals surface area contributed by atoms with E-state index in [9.17, 15) is 9.90 Å². The summed E-state index contributed by atoms with van der Waals surface area (Å²) in [4.78, 5) is 14.5. The Morgan fingerprint density at radius 1 is 1.33 bits per heavy atom. The fourth-order valence-corrected chi connectivity index (χ4v) is 3.13. The summed E-state index contributed by atoms with van der Waals surface area (Å²) in [6.07, 6.45) is 3.26.